The lowest BCUT2D eigenvalue weighted by molar-refractivity contribution is -0.137. The monoisotopic (exact) mass is 626 g/mol. The summed E-state index contributed by atoms with van der Waals surface area (Å²) in [5.74, 6) is -2.96. The molecule has 0 aliphatic carbocycles. The highest BCUT2D eigenvalue weighted by Gasteiger charge is 2.59. The molecule has 0 spiro atoms. The van der Waals surface area contributed by atoms with Crippen molar-refractivity contribution in [3.05, 3.63) is 68.6 Å². The topological polar surface area (TPSA) is 149 Å². The van der Waals surface area contributed by atoms with E-state index in [2.05, 4.69) is 5.32 Å². The molecule has 2 aromatic carbocycles. The van der Waals surface area contributed by atoms with Gasteiger partial charge < -0.3 is 5.32 Å². The molecule has 5 rings (SSSR count). The van der Waals surface area contributed by atoms with Crippen LogP contribution in [0.5, 0.6) is 0 Å². The number of hydrogen-bond acceptors (Lipinski definition) is 8. The standard InChI is InChI=1S/C25H21F3N4O6S3/c1-24(2)17-18(21(35)32(20(17)34)14-5-3-4-12(10-14)25(26,27)28)39-22-19(24)40-23(36)31(22)11-16(33)30-13-6-8-15(9-7-13)41(29,37)38/h3-10,17-18H,11H2,1-2H3,(H,30,33)(H2,29,37,38). The third kappa shape index (κ3) is 5.09. The second-order valence-electron chi connectivity index (χ2n) is 10.0. The summed E-state index contributed by atoms with van der Waals surface area (Å²) in [5.41, 5.74) is -2.01. The normalized spacial score (nSPS) is 20.1. The van der Waals surface area contributed by atoms with Gasteiger partial charge in [0.2, 0.25) is 27.7 Å². The zero-order chi connectivity index (χ0) is 30.1. The Labute approximate surface area is 239 Å². The number of primary sulfonamides is 1. The number of nitrogens with two attached hydrogens (primary N) is 1. The van der Waals surface area contributed by atoms with Crippen LogP contribution in [0.25, 0.3) is 0 Å². The first-order chi connectivity index (χ1) is 19.0. The van der Waals surface area contributed by atoms with Gasteiger partial charge in [0, 0.05) is 16.0 Å². The highest BCUT2D eigenvalue weighted by atomic mass is 32.2. The first kappa shape index (κ1) is 29.0. The van der Waals surface area contributed by atoms with Gasteiger partial charge in [0.05, 0.1) is 27.1 Å². The zero-order valence-electron chi connectivity index (χ0n) is 21.3. The van der Waals surface area contributed by atoms with E-state index in [1.165, 1.54) is 34.9 Å². The Morgan fingerprint density at radius 2 is 1.73 bits per heavy atom. The van der Waals surface area contributed by atoms with Crippen LogP contribution in [0.3, 0.4) is 0 Å². The Balaban J connectivity index is 1.43. The molecule has 2 atom stereocenters. The fraction of sp³-hybridized carbons (Fsp3) is 0.280. The molecule has 2 aliphatic rings. The van der Waals surface area contributed by atoms with Crippen LogP contribution in [0.2, 0.25) is 0 Å². The minimum Gasteiger partial charge on any atom is -0.325 e. The second-order valence-corrected chi connectivity index (χ2v) is 13.7. The molecule has 1 saturated heterocycles. The molecular formula is C25H21F3N4O6S3. The largest absolute Gasteiger partial charge is 0.416 e. The van der Waals surface area contributed by atoms with Crippen molar-refractivity contribution in [2.75, 3.05) is 10.2 Å². The molecule has 2 aliphatic heterocycles. The van der Waals surface area contributed by atoms with E-state index in [0.717, 1.165) is 46.2 Å². The van der Waals surface area contributed by atoms with Crippen molar-refractivity contribution in [2.45, 2.75) is 47.2 Å². The molecule has 41 heavy (non-hydrogen) atoms. The summed E-state index contributed by atoms with van der Waals surface area (Å²) < 4.78 is 64.0. The molecule has 216 valence electrons. The summed E-state index contributed by atoms with van der Waals surface area (Å²) in [4.78, 5) is 53.4. The molecule has 0 saturated carbocycles. The van der Waals surface area contributed by atoms with Crippen LogP contribution in [-0.2, 0) is 42.5 Å². The summed E-state index contributed by atoms with van der Waals surface area (Å²) >= 11 is 1.76. The van der Waals surface area contributed by atoms with Crippen LogP contribution in [0.1, 0.15) is 24.3 Å². The van der Waals surface area contributed by atoms with Gasteiger partial charge in [0.25, 0.3) is 0 Å². The summed E-state index contributed by atoms with van der Waals surface area (Å²) in [6.07, 6.45) is -4.67. The number of halogens is 3. The van der Waals surface area contributed by atoms with Gasteiger partial charge in [0.1, 0.15) is 11.8 Å². The fourth-order valence-corrected chi connectivity index (χ4v) is 8.47. The molecule has 16 heteroatoms. The van der Waals surface area contributed by atoms with Crippen LogP contribution in [0, 0.1) is 5.92 Å². The molecular weight excluding hydrogens is 605 g/mol. The first-order valence-electron chi connectivity index (χ1n) is 11.9. The number of rotatable bonds is 5. The number of anilines is 2. The minimum atomic E-state index is -4.67. The minimum absolute atomic E-state index is 0.151. The molecule has 1 fully saturated rings. The number of imide groups is 1. The van der Waals surface area contributed by atoms with Crippen molar-refractivity contribution >= 4 is 62.2 Å². The SMILES string of the molecule is CC1(C)c2sc(=O)n(CC(=O)Nc3ccc(S(N)(=O)=O)cc3)c2SC2C(=O)N(c3cccc(C(F)(F)F)c3)C(=O)C21. The number of thiazole rings is 1. The van der Waals surface area contributed by atoms with Crippen LogP contribution in [0.4, 0.5) is 24.5 Å². The van der Waals surface area contributed by atoms with Gasteiger partial charge >= 0.3 is 11.0 Å². The Bertz CT molecular complexity index is 1760. The number of carbonyl (C=O) groups is 3. The number of sulfonamides is 1. The van der Waals surface area contributed by atoms with E-state index < -0.39 is 67.5 Å². The number of nitrogens with one attached hydrogen (secondary N) is 1. The molecule has 2 unspecified atom stereocenters. The summed E-state index contributed by atoms with van der Waals surface area (Å²) in [7, 11) is -3.93. The average Bonchev–Trinajstić information content (AvgIpc) is 3.32. The van der Waals surface area contributed by atoms with Crippen molar-refractivity contribution < 1.29 is 36.0 Å². The number of benzene rings is 2. The molecule has 0 bridgehead atoms. The summed E-state index contributed by atoms with van der Waals surface area (Å²) in [6.45, 7) is 2.91. The van der Waals surface area contributed by atoms with Crippen LogP contribution >= 0.6 is 23.1 Å². The summed E-state index contributed by atoms with van der Waals surface area (Å²) in [5, 5.41) is 6.92. The molecule has 3 N–H and O–H groups in total. The van der Waals surface area contributed by atoms with Crippen LogP contribution in [-0.4, -0.2) is 36.0 Å². The first-order valence-corrected chi connectivity index (χ1v) is 15.1. The van der Waals surface area contributed by atoms with Gasteiger partial charge in [-0.05, 0) is 42.5 Å². The van der Waals surface area contributed by atoms with E-state index in [1.54, 1.807) is 13.8 Å². The summed E-state index contributed by atoms with van der Waals surface area (Å²) in [6, 6.07) is 9.04. The van der Waals surface area contributed by atoms with Crippen molar-refractivity contribution in [1.82, 2.24) is 4.57 Å². The van der Waals surface area contributed by atoms with Crippen LogP contribution < -0.4 is 20.2 Å². The zero-order valence-corrected chi connectivity index (χ0v) is 23.7. The lowest BCUT2D eigenvalue weighted by atomic mass is 9.76. The number of carbonyl (C=O) groups excluding carboxylic acids is 3. The average molecular weight is 627 g/mol. The highest BCUT2D eigenvalue weighted by molar-refractivity contribution is 8.00. The Morgan fingerprint density at radius 3 is 2.34 bits per heavy atom. The number of thioether (sulfide) groups is 1. The predicted molar refractivity (Wildman–Crippen MR) is 145 cm³/mol. The Kier molecular flexibility index (Phi) is 6.95. The van der Waals surface area contributed by atoms with Crippen LogP contribution in [0.15, 0.2) is 63.2 Å². The van der Waals surface area contributed by atoms with Gasteiger partial charge in [-0.15, -0.1) is 0 Å². The van der Waals surface area contributed by atoms with Crippen molar-refractivity contribution in [3.63, 3.8) is 0 Å². The predicted octanol–water partition coefficient (Wildman–Crippen LogP) is 3.16. The van der Waals surface area contributed by atoms with Crippen molar-refractivity contribution in [2.24, 2.45) is 11.1 Å². The maximum Gasteiger partial charge on any atom is 0.416 e. The number of fused-ring (bicyclic) bond motifs is 2. The van der Waals surface area contributed by atoms with E-state index in [-0.39, 0.29) is 16.3 Å². The smallest absolute Gasteiger partial charge is 0.325 e. The third-order valence-electron chi connectivity index (χ3n) is 6.90. The second kappa shape index (κ2) is 9.82. The van der Waals surface area contributed by atoms with Gasteiger partial charge in [-0.2, -0.15) is 13.2 Å². The molecule has 3 amide bonds. The van der Waals surface area contributed by atoms with Gasteiger partial charge in [-0.3, -0.25) is 23.7 Å². The van der Waals surface area contributed by atoms with E-state index >= 15 is 0 Å². The van der Waals surface area contributed by atoms with Gasteiger partial charge in [0.15, 0.2) is 0 Å². The maximum atomic E-state index is 13.5. The lowest BCUT2D eigenvalue weighted by Crippen LogP contribution is -2.42. The van der Waals surface area contributed by atoms with E-state index in [0.29, 0.717) is 9.90 Å². The lowest BCUT2D eigenvalue weighted by Gasteiger charge is -2.36. The highest BCUT2D eigenvalue weighted by Crippen LogP contribution is 2.54. The maximum absolute atomic E-state index is 13.5. The van der Waals surface area contributed by atoms with Crippen molar-refractivity contribution in [3.8, 4) is 0 Å². The third-order valence-corrected chi connectivity index (χ3v) is 10.7. The number of amides is 3. The van der Waals surface area contributed by atoms with E-state index in [1.807, 2.05) is 0 Å². The van der Waals surface area contributed by atoms with E-state index in [9.17, 15) is 40.8 Å². The van der Waals surface area contributed by atoms with Crippen molar-refractivity contribution in [1.29, 1.82) is 0 Å². The Hall–Kier alpha value is -3.47. The quantitative estimate of drug-likeness (QED) is 0.414. The van der Waals surface area contributed by atoms with Gasteiger partial charge in [-0.25, -0.2) is 18.5 Å². The molecule has 10 nitrogen and oxygen atoms in total. The number of hydrogen-bond donors (Lipinski definition) is 2. The molecule has 3 aromatic rings. The van der Waals surface area contributed by atoms with Gasteiger partial charge in [-0.1, -0.05) is 43.0 Å². The Morgan fingerprint density at radius 1 is 1.07 bits per heavy atom. The molecule has 0 radical (unpaired) electrons. The number of nitrogens with zero attached hydrogens (tertiary/aromatic N) is 2. The number of aromatic nitrogens is 1. The fourth-order valence-electron chi connectivity index (χ4n) is 4.91. The molecule has 1 aromatic heterocycles. The number of alkyl halides is 3. The van der Waals surface area contributed by atoms with E-state index in [4.69, 9.17) is 5.14 Å². The molecule has 3 heterocycles.